The van der Waals surface area contributed by atoms with E-state index < -0.39 is 0 Å². The SMILES string of the molecule is CN(C)CCn1ncc(Cl)c1C(NN)C1COCCO1. The average molecular weight is 304 g/mol. The molecule has 114 valence electrons. The molecule has 0 radical (unpaired) electrons. The molecule has 2 heterocycles. The Labute approximate surface area is 123 Å². The summed E-state index contributed by atoms with van der Waals surface area (Å²) in [5.74, 6) is 5.69. The number of nitrogens with one attached hydrogen (secondary N) is 1. The normalized spacial score (nSPS) is 21.4. The highest BCUT2D eigenvalue weighted by molar-refractivity contribution is 6.31. The van der Waals surface area contributed by atoms with Gasteiger partial charge >= 0.3 is 0 Å². The largest absolute Gasteiger partial charge is 0.376 e. The number of hydrogen-bond donors (Lipinski definition) is 2. The summed E-state index contributed by atoms with van der Waals surface area (Å²) in [7, 11) is 4.03. The Hall–Kier alpha value is -0.700. The van der Waals surface area contributed by atoms with Crippen LogP contribution in [0.3, 0.4) is 0 Å². The van der Waals surface area contributed by atoms with Crippen LogP contribution in [0.25, 0.3) is 0 Å². The van der Waals surface area contributed by atoms with Crippen LogP contribution in [0.1, 0.15) is 11.7 Å². The molecule has 0 bridgehead atoms. The van der Waals surface area contributed by atoms with Crippen LogP contribution in [0, 0.1) is 0 Å². The van der Waals surface area contributed by atoms with Crippen LogP contribution < -0.4 is 11.3 Å². The van der Waals surface area contributed by atoms with Crippen molar-refractivity contribution in [3.05, 3.63) is 16.9 Å². The molecule has 20 heavy (non-hydrogen) atoms. The van der Waals surface area contributed by atoms with E-state index in [0.29, 0.717) is 24.8 Å². The first-order valence-corrected chi connectivity index (χ1v) is 7.02. The van der Waals surface area contributed by atoms with E-state index in [9.17, 15) is 0 Å². The number of rotatable bonds is 6. The second-order valence-corrected chi connectivity index (χ2v) is 5.44. The van der Waals surface area contributed by atoms with E-state index in [2.05, 4.69) is 15.4 Å². The van der Waals surface area contributed by atoms with E-state index in [4.69, 9.17) is 26.9 Å². The van der Waals surface area contributed by atoms with E-state index >= 15 is 0 Å². The maximum Gasteiger partial charge on any atom is 0.103 e. The van der Waals surface area contributed by atoms with Gasteiger partial charge in [0.05, 0.1) is 49.3 Å². The van der Waals surface area contributed by atoms with Crippen LogP contribution >= 0.6 is 11.6 Å². The lowest BCUT2D eigenvalue weighted by Crippen LogP contribution is -2.44. The van der Waals surface area contributed by atoms with Crippen LogP contribution in [-0.4, -0.2) is 61.2 Å². The van der Waals surface area contributed by atoms with Gasteiger partial charge in [0, 0.05) is 6.54 Å². The number of halogens is 1. The average Bonchev–Trinajstić information content (AvgIpc) is 2.80. The van der Waals surface area contributed by atoms with Crippen molar-refractivity contribution in [2.45, 2.75) is 18.7 Å². The summed E-state index contributed by atoms with van der Waals surface area (Å²) in [6.07, 6.45) is 1.47. The van der Waals surface area contributed by atoms with Crippen molar-refractivity contribution in [2.24, 2.45) is 5.84 Å². The third-order valence-corrected chi connectivity index (χ3v) is 3.57. The number of ether oxygens (including phenoxy) is 2. The van der Waals surface area contributed by atoms with Crippen molar-refractivity contribution >= 4 is 11.6 Å². The molecule has 1 fully saturated rings. The zero-order chi connectivity index (χ0) is 14.5. The molecule has 2 unspecified atom stereocenters. The van der Waals surface area contributed by atoms with E-state index in [1.807, 2.05) is 18.8 Å². The van der Waals surface area contributed by atoms with Crippen LogP contribution in [0.2, 0.25) is 5.02 Å². The Morgan fingerprint density at radius 1 is 1.60 bits per heavy atom. The molecule has 3 N–H and O–H groups in total. The standard InChI is InChI=1S/C12H22ClN5O2/c1-17(2)3-4-18-12(9(13)7-15-18)11(16-14)10-8-19-5-6-20-10/h7,10-11,16H,3-6,8,14H2,1-2H3. The van der Waals surface area contributed by atoms with Crippen LogP contribution in [0.4, 0.5) is 0 Å². The van der Waals surface area contributed by atoms with E-state index in [-0.39, 0.29) is 12.1 Å². The third-order valence-electron chi connectivity index (χ3n) is 3.28. The lowest BCUT2D eigenvalue weighted by molar-refractivity contribution is -0.103. The maximum atomic E-state index is 6.26. The molecule has 1 aromatic rings. The fourth-order valence-corrected chi connectivity index (χ4v) is 2.47. The summed E-state index contributed by atoms with van der Waals surface area (Å²) in [4.78, 5) is 2.09. The first-order chi connectivity index (χ1) is 9.63. The van der Waals surface area contributed by atoms with Crippen molar-refractivity contribution in [1.29, 1.82) is 0 Å². The molecule has 1 aliphatic rings. The van der Waals surface area contributed by atoms with Gasteiger partial charge < -0.3 is 14.4 Å². The van der Waals surface area contributed by atoms with Gasteiger partial charge in [-0.25, -0.2) is 5.43 Å². The molecule has 0 saturated carbocycles. The summed E-state index contributed by atoms with van der Waals surface area (Å²) < 4.78 is 13.0. The first-order valence-electron chi connectivity index (χ1n) is 6.65. The second-order valence-electron chi connectivity index (χ2n) is 5.03. The number of nitrogens with zero attached hydrogens (tertiary/aromatic N) is 3. The highest BCUT2D eigenvalue weighted by atomic mass is 35.5. The topological polar surface area (TPSA) is 77.6 Å². The van der Waals surface area contributed by atoms with E-state index in [0.717, 1.165) is 18.8 Å². The van der Waals surface area contributed by atoms with E-state index in [1.54, 1.807) is 6.20 Å². The summed E-state index contributed by atoms with van der Waals surface area (Å²) in [5, 5.41) is 4.90. The number of nitrogens with two attached hydrogens (primary N) is 1. The molecule has 1 saturated heterocycles. The fraction of sp³-hybridized carbons (Fsp3) is 0.750. The molecular weight excluding hydrogens is 282 g/mol. The highest BCUT2D eigenvalue weighted by Gasteiger charge is 2.30. The van der Waals surface area contributed by atoms with Gasteiger partial charge in [-0.1, -0.05) is 11.6 Å². The van der Waals surface area contributed by atoms with Crippen LogP contribution in [0.15, 0.2) is 6.20 Å². The van der Waals surface area contributed by atoms with Gasteiger partial charge in [0.25, 0.3) is 0 Å². The molecular formula is C12H22ClN5O2. The minimum absolute atomic E-state index is 0.166. The highest BCUT2D eigenvalue weighted by Crippen LogP contribution is 2.27. The lowest BCUT2D eigenvalue weighted by atomic mass is 10.1. The molecule has 7 nitrogen and oxygen atoms in total. The predicted molar refractivity (Wildman–Crippen MR) is 76.4 cm³/mol. The summed E-state index contributed by atoms with van der Waals surface area (Å²) in [6.45, 7) is 3.27. The molecule has 1 aliphatic heterocycles. The molecule has 0 amide bonds. The fourth-order valence-electron chi connectivity index (χ4n) is 2.21. The Bertz CT molecular complexity index is 420. The number of likely N-dealkylation sites (N-methyl/N-ethyl adjacent to an activating group) is 1. The smallest absolute Gasteiger partial charge is 0.103 e. The van der Waals surface area contributed by atoms with Gasteiger partial charge in [-0.15, -0.1) is 0 Å². The molecule has 8 heteroatoms. The number of aromatic nitrogens is 2. The monoisotopic (exact) mass is 303 g/mol. The summed E-state index contributed by atoms with van der Waals surface area (Å²) in [5.41, 5.74) is 3.62. The van der Waals surface area contributed by atoms with Crippen molar-refractivity contribution in [3.8, 4) is 0 Å². The number of hydrogen-bond acceptors (Lipinski definition) is 6. The van der Waals surface area contributed by atoms with Crippen LogP contribution in [0.5, 0.6) is 0 Å². The Morgan fingerprint density at radius 3 is 3.00 bits per heavy atom. The quantitative estimate of drug-likeness (QED) is 0.570. The molecule has 0 spiro atoms. The van der Waals surface area contributed by atoms with Gasteiger partial charge in [0.2, 0.25) is 0 Å². The molecule has 2 rings (SSSR count). The third kappa shape index (κ3) is 3.69. The van der Waals surface area contributed by atoms with Crippen molar-refractivity contribution in [1.82, 2.24) is 20.1 Å². The Kier molecular flexibility index (Phi) is 5.76. The van der Waals surface area contributed by atoms with Gasteiger partial charge in [-0.3, -0.25) is 10.5 Å². The second kappa shape index (κ2) is 7.35. The number of hydrazine groups is 1. The lowest BCUT2D eigenvalue weighted by Gasteiger charge is -2.30. The predicted octanol–water partition coefficient (Wildman–Crippen LogP) is 0.0179. The Balaban J connectivity index is 2.17. The Morgan fingerprint density at radius 2 is 2.40 bits per heavy atom. The minimum Gasteiger partial charge on any atom is -0.376 e. The zero-order valence-electron chi connectivity index (χ0n) is 11.9. The van der Waals surface area contributed by atoms with Crippen molar-refractivity contribution in [3.63, 3.8) is 0 Å². The summed E-state index contributed by atoms with van der Waals surface area (Å²) >= 11 is 6.26. The molecule has 1 aromatic heterocycles. The van der Waals surface area contributed by atoms with Crippen molar-refractivity contribution < 1.29 is 9.47 Å². The van der Waals surface area contributed by atoms with Gasteiger partial charge in [-0.05, 0) is 14.1 Å². The first kappa shape index (κ1) is 15.7. The zero-order valence-corrected chi connectivity index (χ0v) is 12.6. The minimum atomic E-state index is -0.243. The molecule has 2 atom stereocenters. The van der Waals surface area contributed by atoms with E-state index in [1.165, 1.54) is 0 Å². The van der Waals surface area contributed by atoms with Crippen LogP contribution in [-0.2, 0) is 16.0 Å². The van der Waals surface area contributed by atoms with Gasteiger partial charge in [-0.2, -0.15) is 5.10 Å². The van der Waals surface area contributed by atoms with Gasteiger partial charge in [0.15, 0.2) is 0 Å². The maximum absolute atomic E-state index is 6.26. The molecule has 0 aliphatic carbocycles. The summed E-state index contributed by atoms with van der Waals surface area (Å²) in [6, 6.07) is -0.243. The molecule has 0 aromatic carbocycles. The van der Waals surface area contributed by atoms with Gasteiger partial charge in [0.1, 0.15) is 6.10 Å². The van der Waals surface area contributed by atoms with Crippen molar-refractivity contribution in [2.75, 3.05) is 40.5 Å².